The Hall–Kier alpha value is -0.420. The Morgan fingerprint density at radius 2 is 2.17 bits per heavy atom. The van der Waals surface area contributed by atoms with Crippen LogP contribution in [0.1, 0.15) is 46.0 Å². The van der Waals surface area contributed by atoms with Crippen molar-refractivity contribution >= 4 is 16.8 Å². The first kappa shape index (κ1) is 15.6. The van der Waals surface area contributed by atoms with E-state index < -0.39 is 10.8 Å². The highest BCUT2D eigenvalue weighted by molar-refractivity contribution is 7.85. The molecule has 1 heterocycles. The average Bonchev–Trinajstić information content (AvgIpc) is 2.75. The molecule has 0 N–H and O–H groups in total. The van der Waals surface area contributed by atoms with Crippen molar-refractivity contribution in [3.8, 4) is 0 Å². The summed E-state index contributed by atoms with van der Waals surface area (Å²) in [4.78, 5) is 11.1. The maximum Gasteiger partial charge on any atom is 0.305 e. The van der Waals surface area contributed by atoms with Gasteiger partial charge < -0.3 is 9.47 Å². The third kappa shape index (κ3) is 5.48. The summed E-state index contributed by atoms with van der Waals surface area (Å²) in [6.07, 6.45) is 4.19. The molecule has 3 unspecified atom stereocenters. The van der Waals surface area contributed by atoms with Crippen molar-refractivity contribution in [2.45, 2.75) is 57.3 Å². The topological polar surface area (TPSA) is 52.6 Å². The Kier molecular flexibility index (Phi) is 7.51. The summed E-state index contributed by atoms with van der Waals surface area (Å²) in [5.41, 5.74) is 0. The maximum atomic E-state index is 12.0. The number of carbonyl (C=O) groups excluding carboxylic acids is 1. The summed E-state index contributed by atoms with van der Waals surface area (Å²) in [6.45, 7) is 4.99. The van der Waals surface area contributed by atoms with Crippen LogP contribution in [-0.2, 0) is 25.1 Å². The van der Waals surface area contributed by atoms with Crippen LogP contribution in [0.25, 0.3) is 0 Å². The molecule has 0 aliphatic carbocycles. The van der Waals surface area contributed by atoms with Crippen LogP contribution in [0.2, 0.25) is 0 Å². The molecule has 0 spiro atoms. The van der Waals surface area contributed by atoms with Gasteiger partial charge in [0, 0.05) is 29.6 Å². The molecule has 106 valence electrons. The molecular formula is C13H24O4S. The molecule has 1 rings (SSSR count). The molecule has 0 aromatic carbocycles. The zero-order valence-corrected chi connectivity index (χ0v) is 12.2. The molecule has 1 fully saturated rings. The van der Waals surface area contributed by atoms with E-state index in [1.54, 1.807) is 0 Å². The van der Waals surface area contributed by atoms with Crippen LogP contribution >= 0.6 is 0 Å². The van der Waals surface area contributed by atoms with Crippen molar-refractivity contribution in [2.24, 2.45) is 0 Å². The maximum absolute atomic E-state index is 12.0. The van der Waals surface area contributed by atoms with Crippen LogP contribution in [-0.4, -0.2) is 40.5 Å². The lowest BCUT2D eigenvalue weighted by Crippen LogP contribution is -2.24. The van der Waals surface area contributed by atoms with Gasteiger partial charge in [-0.25, -0.2) is 0 Å². The first-order chi connectivity index (χ1) is 8.65. The second kappa shape index (κ2) is 8.64. The molecular weight excluding hydrogens is 252 g/mol. The van der Waals surface area contributed by atoms with Crippen molar-refractivity contribution < 1.29 is 18.5 Å². The van der Waals surface area contributed by atoms with E-state index >= 15 is 0 Å². The zero-order chi connectivity index (χ0) is 13.4. The largest absolute Gasteiger partial charge is 0.466 e. The second-order valence-corrected chi connectivity index (χ2v) is 6.38. The molecule has 1 aliphatic heterocycles. The van der Waals surface area contributed by atoms with Crippen molar-refractivity contribution in [3.63, 3.8) is 0 Å². The predicted octanol–water partition coefficient (Wildman–Crippen LogP) is 2.04. The Morgan fingerprint density at radius 1 is 1.39 bits per heavy atom. The smallest absolute Gasteiger partial charge is 0.305 e. The predicted molar refractivity (Wildman–Crippen MR) is 71.9 cm³/mol. The fraction of sp³-hybridized carbons (Fsp3) is 0.923. The number of carbonyl (C=O) groups is 1. The molecule has 1 aliphatic rings. The first-order valence-electron chi connectivity index (χ1n) is 6.79. The van der Waals surface area contributed by atoms with E-state index in [1.807, 2.05) is 13.8 Å². The van der Waals surface area contributed by atoms with Crippen LogP contribution in [0.3, 0.4) is 0 Å². The first-order valence-corrected chi connectivity index (χ1v) is 8.17. The standard InChI is InChI=1S/C13H24O4S/c1-3-16-13(14)7-5-4-6-10-18(15)12-8-9-17-11(12)2/h11-12H,3-10H2,1-2H3. The SMILES string of the molecule is CCOC(=O)CCCCCS(=O)C1CCOC1C. The molecule has 0 aromatic rings. The Morgan fingerprint density at radius 3 is 2.78 bits per heavy atom. The van der Waals surface area contributed by atoms with Gasteiger partial charge in [-0.05, 0) is 33.1 Å². The lowest BCUT2D eigenvalue weighted by Gasteiger charge is -2.13. The lowest BCUT2D eigenvalue weighted by atomic mass is 10.2. The van der Waals surface area contributed by atoms with Crippen molar-refractivity contribution in [3.05, 3.63) is 0 Å². The monoisotopic (exact) mass is 276 g/mol. The van der Waals surface area contributed by atoms with Gasteiger partial charge in [0.2, 0.25) is 0 Å². The highest BCUT2D eigenvalue weighted by Gasteiger charge is 2.28. The minimum absolute atomic E-state index is 0.128. The molecule has 0 amide bonds. The Bertz CT molecular complexity index is 280. The van der Waals surface area contributed by atoms with Crippen LogP contribution in [0.15, 0.2) is 0 Å². The van der Waals surface area contributed by atoms with Gasteiger partial charge in [-0.1, -0.05) is 6.42 Å². The number of ether oxygens (including phenoxy) is 2. The number of hydrogen-bond acceptors (Lipinski definition) is 4. The van der Waals surface area contributed by atoms with Crippen LogP contribution < -0.4 is 0 Å². The van der Waals surface area contributed by atoms with Gasteiger partial charge in [0.25, 0.3) is 0 Å². The quantitative estimate of drug-likeness (QED) is 0.503. The molecule has 0 aromatic heterocycles. The van der Waals surface area contributed by atoms with E-state index in [4.69, 9.17) is 9.47 Å². The van der Waals surface area contributed by atoms with E-state index in [2.05, 4.69) is 0 Å². The molecule has 0 radical (unpaired) electrons. The van der Waals surface area contributed by atoms with Gasteiger partial charge in [0.1, 0.15) is 0 Å². The lowest BCUT2D eigenvalue weighted by molar-refractivity contribution is -0.143. The van der Waals surface area contributed by atoms with Gasteiger partial charge in [0.05, 0.1) is 18.0 Å². The van der Waals surface area contributed by atoms with Gasteiger partial charge in [0.15, 0.2) is 0 Å². The minimum Gasteiger partial charge on any atom is -0.466 e. The van der Waals surface area contributed by atoms with E-state index in [-0.39, 0.29) is 17.3 Å². The van der Waals surface area contributed by atoms with E-state index in [9.17, 15) is 9.00 Å². The molecule has 0 bridgehead atoms. The van der Waals surface area contributed by atoms with Crippen molar-refractivity contribution in [1.29, 1.82) is 0 Å². The third-order valence-corrected chi connectivity index (χ3v) is 5.16. The summed E-state index contributed by atoms with van der Waals surface area (Å²) in [5.74, 6) is 0.595. The molecule has 3 atom stereocenters. The number of rotatable bonds is 8. The number of unbranched alkanes of at least 4 members (excludes halogenated alkanes) is 2. The van der Waals surface area contributed by atoms with E-state index in [0.29, 0.717) is 13.0 Å². The summed E-state index contributed by atoms with van der Waals surface area (Å²) in [5, 5.41) is 0.204. The van der Waals surface area contributed by atoms with E-state index in [0.717, 1.165) is 38.0 Å². The van der Waals surface area contributed by atoms with Gasteiger partial charge in [-0.3, -0.25) is 9.00 Å². The fourth-order valence-electron chi connectivity index (χ4n) is 2.13. The van der Waals surface area contributed by atoms with Crippen LogP contribution in [0, 0.1) is 0 Å². The van der Waals surface area contributed by atoms with Crippen molar-refractivity contribution in [2.75, 3.05) is 19.0 Å². The van der Waals surface area contributed by atoms with Crippen molar-refractivity contribution in [1.82, 2.24) is 0 Å². The minimum atomic E-state index is -0.784. The Labute approximate surface area is 112 Å². The highest BCUT2D eigenvalue weighted by Crippen LogP contribution is 2.19. The van der Waals surface area contributed by atoms with Crippen LogP contribution in [0.5, 0.6) is 0 Å². The van der Waals surface area contributed by atoms with Crippen LogP contribution in [0.4, 0.5) is 0 Å². The Balaban J connectivity index is 2.04. The summed E-state index contributed by atoms with van der Waals surface area (Å²) in [7, 11) is -0.784. The van der Waals surface area contributed by atoms with Gasteiger partial charge in [-0.15, -0.1) is 0 Å². The number of hydrogen-bond donors (Lipinski definition) is 0. The van der Waals surface area contributed by atoms with Gasteiger partial charge in [-0.2, -0.15) is 0 Å². The molecule has 18 heavy (non-hydrogen) atoms. The normalized spacial score (nSPS) is 25.0. The molecule has 5 heteroatoms. The summed E-state index contributed by atoms with van der Waals surface area (Å²) in [6, 6.07) is 0. The van der Waals surface area contributed by atoms with Gasteiger partial charge >= 0.3 is 5.97 Å². The average molecular weight is 276 g/mol. The number of esters is 1. The summed E-state index contributed by atoms with van der Waals surface area (Å²) >= 11 is 0. The molecule has 4 nitrogen and oxygen atoms in total. The second-order valence-electron chi connectivity index (χ2n) is 4.60. The third-order valence-electron chi connectivity index (χ3n) is 3.18. The summed E-state index contributed by atoms with van der Waals surface area (Å²) < 4.78 is 22.3. The fourth-order valence-corrected chi connectivity index (χ4v) is 3.79. The van der Waals surface area contributed by atoms with E-state index in [1.165, 1.54) is 0 Å². The molecule has 0 saturated carbocycles. The molecule has 1 saturated heterocycles. The highest BCUT2D eigenvalue weighted by atomic mass is 32.2. The zero-order valence-electron chi connectivity index (χ0n) is 11.4.